The maximum atomic E-state index is 12.1. The molecule has 19 heavy (non-hydrogen) atoms. The Morgan fingerprint density at radius 1 is 1.37 bits per heavy atom. The maximum Gasteiger partial charge on any atom is 0.309 e. The molecular formula is C16H30O3. The molecule has 0 bridgehead atoms. The Morgan fingerprint density at radius 3 is 2.58 bits per heavy atom. The highest BCUT2D eigenvalue weighted by Crippen LogP contribution is 2.30. The van der Waals surface area contributed by atoms with E-state index in [-0.39, 0.29) is 18.0 Å². The summed E-state index contributed by atoms with van der Waals surface area (Å²) in [7, 11) is 0. The number of carbonyl (C=O) groups is 1. The van der Waals surface area contributed by atoms with Gasteiger partial charge in [0.25, 0.3) is 0 Å². The van der Waals surface area contributed by atoms with Gasteiger partial charge in [0.1, 0.15) is 5.60 Å². The van der Waals surface area contributed by atoms with Gasteiger partial charge in [0.15, 0.2) is 0 Å². The number of carbonyl (C=O) groups excluding carboxylic acids is 1. The quantitative estimate of drug-likeness (QED) is 0.775. The molecule has 0 amide bonds. The van der Waals surface area contributed by atoms with Gasteiger partial charge in [-0.15, -0.1) is 0 Å². The molecule has 112 valence electrons. The number of aliphatic hydroxyl groups is 1. The van der Waals surface area contributed by atoms with E-state index in [0.717, 1.165) is 38.5 Å². The van der Waals surface area contributed by atoms with Crippen LogP contribution in [0.5, 0.6) is 0 Å². The van der Waals surface area contributed by atoms with E-state index in [2.05, 4.69) is 0 Å². The van der Waals surface area contributed by atoms with Crippen molar-refractivity contribution in [1.82, 2.24) is 0 Å². The first-order valence-corrected chi connectivity index (χ1v) is 7.72. The van der Waals surface area contributed by atoms with Crippen LogP contribution in [0.3, 0.4) is 0 Å². The summed E-state index contributed by atoms with van der Waals surface area (Å²) < 4.78 is 5.46. The monoisotopic (exact) mass is 270 g/mol. The van der Waals surface area contributed by atoms with Gasteiger partial charge in [-0.05, 0) is 58.8 Å². The molecule has 0 aromatic heterocycles. The lowest BCUT2D eigenvalue weighted by Gasteiger charge is -2.28. The minimum absolute atomic E-state index is 0.0123. The molecule has 0 heterocycles. The van der Waals surface area contributed by atoms with Crippen LogP contribution in [-0.4, -0.2) is 22.8 Å². The molecule has 1 aliphatic rings. The van der Waals surface area contributed by atoms with Gasteiger partial charge in [-0.25, -0.2) is 0 Å². The van der Waals surface area contributed by atoms with E-state index in [9.17, 15) is 9.90 Å². The Kier molecular flexibility index (Phi) is 6.31. The fourth-order valence-corrected chi connectivity index (χ4v) is 2.84. The van der Waals surface area contributed by atoms with Crippen molar-refractivity contribution >= 4 is 5.97 Å². The number of rotatable bonds is 5. The summed E-state index contributed by atoms with van der Waals surface area (Å²) >= 11 is 0. The molecule has 3 unspecified atom stereocenters. The highest BCUT2D eigenvalue weighted by Gasteiger charge is 2.26. The third-order valence-electron chi connectivity index (χ3n) is 3.91. The fourth-order valence-electron chi connectivity index (χ4n) is 2.84. The van der Waals surface area contributed by atoms with Crippen LogP contribution in [-0.2, 0) is 9.53 Å². The summed E-state index contributed by atoms with van der Waals surface area (Å²) in [6.07, 6.45) is 6.81. The van der Waals surface area contributed by atoms with E-state index in [1.165, 1.54) is 6.42 Å². The van der Waals surface area contributed by atoms with Gasteiger partial charge in [0.2, 0.25) is 0 Å². The van der Waals surface area contributed by atoms with Crippen LogP contribution in [0.25, 0.3) is 0 Å². The van der Waals surface area contributed by atoms with E-state index in [0.29, 0.717) is 5.92 Å². The van der Waals surface area contributed by atoms with E-state index in [1.54, 1.807) is 0 Å². The second-order valence-corrected chi connectivity index (χ2v) is 6.90. The van der Waals surface area contributed by atoms with Gasteiger partial charge in [-0.1, -0.05) is 19.8 Å². The molecule has 1 saturated carbocycles. The molecule has 3 heteroatoms. The minimum atomic E-state index is -0.397. The van der Waals surface area contributed by atoms with Crippen molar-refractivity contribution in [2.75, 3.05) is 0 Å². The lowest BCUT2D eigenvalue weighted by atomic mass is 9.82. The fraction of sp³-hybridized carbons (Fsp3) is 0.938. The van der Waals surface area contributed by atoms with E-state index in [4.69, 9.17) is 4.74 Å². The standard InChI is InChI=1S/C16H30O3/c1-5-13(15(18)19-16(2,3)4)10-9-12-7-6-8-14(17)11-12/h12-14,17H,5-11H2,1-4H3. The van der Waals surface area contributed by atoms with Gasteiger partial charge >= 0.3 is 5.97 Å². The third-order valence-corrected chi connectivity index (χ3v) is 3.91. The van der Waals surface area contributed by atoms with Crippen LogP contribution in [0.2, 0.25) is 0 Å². The second-order valence-electron chi connectivity index (χ2n) is 6.90. The molecule has 1 aliphatic carbocycles. The first kappa shape index (κ1) is 16.5. The molecule has 1 fully saturated rings. The average molecular weight is 270 g/mol. The van der Waals surface area contributed by atoms with Gasteiger partial charge in [-0.3, -0.25) is 4.79 Å². The zero-order valence-corrected chi connectivity index (χ0v) is 12.9. The molecule has 3 nitrogen and oxygen atoms in total. The van der Waals surface area contributed by atoms with Crippen LogP contribution in [0, 0.1) is 11.8 Å². The van der Waals surface area contributed by atoms with Crippen LogP contribution in [0.15, 0.2) is 0 Å². The first-order chi connectivity index (χ1) is 8.81. The highest BCUT2D eigenvalue weighted by molar-refractivity contribution is 5.72. The number of hydrogen-bond donors (Lipinski definition) is 1. The summed E-state index contributed by atoms with van der Waals surface area (Å²) in [6.45, 7) is 7.78. The molecule has 1 N–H and O–H groups in total. The van der Waals surface area contributed by atoms with Crippen molar-refractivity contribution in [3.63, 3.8) is 0 Å². The summed E-state index contributed by atoms with van der Waals surface area (Å²) in [5, 5.41) is 9.67. The molecule has 0 saturated heterocycles. The number of esters is 1. The average Bonchev–Trinajstić information content (AvgIpc) is 2.27. The summed E-state index contributed by atoms with van der Waals surface area (Å²) in [5.41, 5.74) is -0.397. The zero-order chi connectivity index (χ0) is 14.5. The highest BCUT2D eigenvalue weighted by atomic mass is 16.6. The lowest BCUT2D eigenvalue weighted by molar-refractivity contribution is -0.160. The van der Waals surface area contributed by atoms with Gasteiger partial charge in [0, 0.05) is 0 Å². The van der Waals surface area contributed by atoms with Crippen molar-refractivity contribution in [2.45, 2.75) is 84.3 Å². The summed E-state index contributed by atoms with van der Waals surface area (Å²) in [5.74, 6) is 0.532. The molecular weight excluding hydrogens is 240 g/mol. The molecule has 0 radical (unpaired) electrons. The number of hydrogen-bond acceptors (Lipinski definition) is 3. The Labute approximate surface area is 117 Å². The van der Waals surface area contributed by atoms with Crippen LogP contribution < -0.4 is 0 Å². The van der Waals surface area contributed by atoms with E-state index in [1.807, 2.05) is 27.7 Å². The van der Waals surface area contributed by atoms with Crippen molar-refractivity contribution in [2.24, 2.45) is 11.8 Å². The normalized spacial score (nSPS) is 25.9. The van der Waals surface area contributed by atoms with E-state index < -0.39 is 5.60 Å². The lowest BCUT2D eigenvalue weighted by Crippen LogP contribution is -2.29. The molecule has 0 spiro atoms. The summed E-state index contributed by atoms with van der Waals surface area (Å²) in [4.78, 5) is 12.1. The Morgan fingerprint density at radius 2 is 2.05 bits per heavy atom. The second kappa shape index (κ2) is 7.28. The van der Waals surface area contributed by atoms with Crippen LogP contribution in [0.1, 0.15) is 72.6 Å². The van der Waals surface area contributed by atoms with Crippen molar-refractivity contribution in [3.8, 4) is 0 Å². The maximum absolute atomic E-state index is 12.1. The van der Waals surface area contributed by atoms with Crippen LogP contribution in [0.4, 0.5) is 0 Å². The van der Waals surface area contributed by atoms with Gasteiger partial charge in [-0.2, -0.15) is 0 Å². The predicted molar refractivity (Wildman–Crippen MR) is 76.8 cm³/mol. The van der Waals surface area contributed by atoms with Crippen LogP contribution >= 0.6 is 0 Å². The van der Waals surface area contributed by atoms with Gasteiger partial charge < -0.3 is 9.84 Å². The van der Waals surface area contributed by atoms with Crippen molar-refractivity contribution in [1.29, 1.82) is 0 Å². The minimum Gasteiger partial charge on any atom is -0.460 e. The first-order valence-electron chi connectivity index (χ1n) is 7.72. The van der Waals surface area contributed by atoms with E-state index >= 15 is 0 Å². The third kappa shape index (κ3) is 6.42. The van der Waals surface area contributed by atoms with Gasteiger partial charge in [0.05, 0.1) is 12.0 Å². The molecule has 3 atom stereocenters. The number of ether oxygens (including phenoxy) is 1. The summed E-state index contributed by atoms with van der Waals surface area (Å²) in [6, 6.07) is 0. The molecule has 0 aliphatic heterocycles. The Bertz CT molecular complexity index is 280. The number of aliphatic hydroxyl groups excluding tert-OH is 1. The topological polar surface area (TPSA) is 46.5 Å². The molecule has 0 aromatic carbocycles. The predicted octanol–water partition coefficient (Wildman–Crippen LogP) is 3.69. The Balaban J connectivity index is 2.37. The molecule has 0 aromatic rings. The smallest absolute Gasteiger partial charge is 0.309 e. The van der Waals surface area contributed by atoms with Crippen molar-refractivity contribution < 1.29 is 14.6 Å². The largest absolute Gasteiger partial charge is 0.460 e. The molecule has 1 rings (SSSR count). The SMILES string of the molecule is CCC(CCC1CCCC(O)C1)C(=O)OC(C)(C)C. The van der Waals surface area contributed by atoms with Crippen molar-refractivity contribution in [3.05, 3.63) is 0 Å². The zero-order valence-electron chi connectivity index (χ0n) is 12.9. The Hall–Kier alpha value is -0.570.